The van der Waals surface area contributed by atoms with Crippen LogP contribution in [0.2, 0.25) is 0 Å². The number of carbonyl (C=O) groups excluding carboxylic acids is 2. The second-order valence-corrected chi connectivity index (χ2v) is 5.93. The van der Waals surface area contributed by atoms with E-state index < -0.39 is 0 Å². The summed E-state index contributed by atoms with van der Waals surface area (Å²) in [5.74, 6) is 0.572. The Hall–Kier alpha value is -2.24. The molecule has 6 heteroatoms. The second-order valence-electron chi connectivity index (χ2n) is 5.93. The zero-order chi connectivity index (χ0) is 17.4. The molecule has 132 valence electrons. The lowest BCUT2D eigenvalue weighted by atomic mass is 10.00. The number of methoxy groups -OCH3 is 1. The van der Waals surface area contributed by atoms with E-state index in [2.05, 4.69) is 10.9 Å². The van der Waals surface area contributed by atoms with Gasteiger partial charge in [-0.2, -0.15) is 0 Å². The van der Waals surface area contributed by atoms with Gasteiger partial charge in [0.2, 0.25) is 5.91 Å². The van der Waals surface area contributed by atoms with Gasteiger partial charge in [0.25, 0.3) is 5.91 Å². The van der Waals surface area contributed by atoms with Gasteiger partial charge in [-0.1, -0.05) is 25.7 Å². The number of benzene rings is 1. The Kier molecular flexibility index (Phi) is 6.90. The molecular weight excluding hydrogens is 308 g/mol. The van der Waals surface area contributed by atoms with Crippen molar-refractivity contribution >= 4 is 11.8 Å². The van der Waals surface area contributed by atoms with Crippen LogP contribution in [-0.2, 0) is 4.79 Å². The standard InChI is InChI=1S/C18H26N2O4/c1-3-24-15-11-10-14(12-16(15)23-2)18(22)20-19-17(21)13-8-6-4-5-7-9-13/h10-13H,3-9H2,1-2H3,(H,19,21)(H,20,22). The van der Waals surface area contributed by atoms with Gasteiger partial charge in [0.15, 0.2) is 11.5 Å². The number of amides is 2. The molecule has 1 aromatic rings. The van der Waals surface area contributed by atoms with Crippen molar-refractivity contribution in [1.82, 2.24) is 10.9 Å². The molecule has 0 aromatic heterocycles. The van der Waals surface area contributed by atoms with Crippen LogP contribution in [0.25, 0.3) is 0 Å². The minimum atomic E-state index is -0.377. The van der Waals surface area contributed by atoms with Gasteiger partial charge in [0.1, 0.15) is 0 Å². The minimum Gasteiger partial charge on any atom is -0.493 e. The maximum Gasteiger partial charge on any atom is 0.269 e. The normalized spacial score (nSPS) is 15.2. The van der Waals surface area contributed by atoms with Crippen LogP contribution in [0.3, 0.4) is 0 Å². The maximum absolute atomic E-state index is 12.2. The highest BCUT2D eigenvalue weighted by Gasteiger charge is 2.20. The summed E-state index contributed by atoms with van der Waals surface area (Å²) in [5.41, 5.74) is 5.43. The van der Waals surface area contributed by atoms with E-state index in [1.165, 1.54) is 20.0 Å². The predicted octanol–water partition coefficient (Wildman–Crippen LogP) is 2.83. The van der Waals surface area contributed by atoms with Gasteiger partial charge in [0.05, 0.1) is 13.7 Å². The van der Waals surface area contributed by atoms with E-state index in [1.54, 1.807) is 18.2 Å². The molecule has 0 spiro atoms. The smallest absolute Gasteiger partial charge is 0.269 e. The number of rotatable bonds is 5. The van der Waals surface area contributed by atoms with E-state index >= 15 is 0 Å². The van der Waals surface area contributed by atoms with E-state index in [1.807, 2.05) is 6.92 Å². The molecule has 6 nitrogen and oxygen atoms in total. The molecule has 0 bridgehead atoms. The highest BCUT2D eigenvalue weighted by atomic mass is 16.5. The predicted molar refractivity (Wildman–Crippen MR) is 91.0 cm³/mol. The van der Waals surface area contributed by atoms with Gasteiger partial charge in [-0.05, 0) is 38.0 Å². The Labute approximate surface area is 142 Å². The minimum absolute atomic E-state index is 0.0114. The largest absolute Gasteiger partial charge is 0.493 e. The van der Waals surface area contributed by atoms with Crippen molar-refractivity contribution in [3.63, 3.8) is 0 Å². The van der Waals surface area contributed by atoms with Crippen LogP contribution < -0.4 is 20.3 Å². The van der Waals surface area contributed by atoms with Crippen LogP contribution in [0.4, 0.5) is 0 Å². The maximum atomic E-state index is 12.2. The molecule has 0 radical (unpaired) electrons. The Balaban J connectivity index is 1.93. The highest BCUT2D eigenvalue weighted by Crippen LogP contribution is 2.28. The van der Waals surface area contributed by atoms with Crippen molar-refractivity contribution in [2.24, 2.45) is 5.92 Å². The van der Waals surface area contributed by atoms with Crippen LogP contribution in [0.15, 0.2) is 18.2 Å². The van der Waals surface area contributed by atoms with E-state index in [-0.39, 0.29) is 17.7 Å². The highest BCUT2D eigenvalue weighted by molar-refractivity contribution is 5.96. The fourth-order valence-corrected chi connectivity index (χ4v) is 2.92. The van der Waals surface area contributed by atoms with Crippen molar-refractivity contribution in [3.05, 3.63) is 23.8 Å². The van der Waals surface area contributed by atoms with Gasteiger partial charge in [-0.25, -0.2) is 0 Å². The molecule has 2 N–H and O–H groups in total. The molecule has 1 fully saturated rings. The van der Waals surface area contributed by atoms with Crippen molar-refractivity contribution < 1.29 is 19.1 Å². The topological polar surface area (TPSA) is 76.7 Å². The van der Waals surface area contributed by atoms with Gasteiger partial charge in [0, 0.05) is 11.5 Å². The molecule has 0 heterocycles. The first-order valence-electron chi connectivity index (χ1n) is 8.56. The van der Waals surface area contributed by atoms with Crippen LogP contribution in [0.5, 0.6) is 11.5 Å². The molecule has 1 aliphatic rings. The molecule has 24 heavy (non-hydrogen) atoms. The molecule has 0 unspecified atom stereocenters. The van der Waals surface area contributed by atoms with E-state index in [0.29, 0.717) is 23.7 Å². The van der Waals surface area contributed by atoms with E-state index in [9.17, 15) is 9.59 Å². The summed E-state index contributed by atoms with van der Waals surface area (Å²) in [4.78, 5) is 24.4. The number of carbonyl (C=O) groups is 2. The summed E-state index contributed by atoms with van der Waals surface area (Å²) in [6, 6.07) is 4.92. The van der Waals surface area contributed by atoms with Gasteiger partial charge < -0.3 is 9.47 Å². The van der Waals surface area contributed by atoms with Crippen molar-refractivity contribution in [3.8, 4) is 11.5 Å². The Morgan fingerprint density at radius 3 is 2.42 bits per heavy atom. The fourth-order valence-electron chi connectivity index (χ4n) is 2.92. The molecule has 0 saturated heterocycles. The third-order valence-electron chi connectivity index (χ3n) is 4.25. The van der Waals surface area contributed by atoms with Gasteiger partial charge in [-0.3, -0.25) is 20.4 Å². The lowest BCUT2D eigenvalue weighted by Gasteiger charge is -2.15. The van der Waals surface area contributed by atoms with Gasteiger partial charge in [-0.15, -0.1) is 0 Å². The summed E-state index contributed by atoms with van der Waals surface area (Å²) in [5, 5.41) is 0. The van der Waals surface area contributed by atoms with Crippen molar-refractivity contribution in [1.29, 1.82) is 0 Å². The van der Waals surface area contributed by atoms with Crippen LogP contribution in [0, 0.1) is 5.92 Å². The number of hydrazine groups is 1. The average Bonchev–Trinajstić information content (AvgIpc) is 2.89. The molecular formula is C18H26N2O4. The van der Waals surface area contributed by atoms with Crippen LogP contribution >= 0.6 is 0 Å². The lowest BCUT2D eigenvalue weighted by molar-refractivity contribution is -0.126. The zero-order valence-corrected chi connectivity index (χ0v) is 14.4. The summed E-state index contributed by atoms with van der Waals surface area (Å²) in [7, 11) is 1.52. The Morgan fingerprint density at radius 2 is 1.79 bits per heavy atom. The number of ether oxygens (including phenoxy) is 2. The molecule has 2 amide bonds. The zero-order valence-electron chi connectivity index (χ0n) is 14.4. The SMILES string of the molecule is CCOc1ccc(C(=O)NNC(=O)C2CCCCCC2)cc1OC. The molecule has 1 saturated carbocycles. The van der Waals surface area contributed by atoms with Crippen LogP contribution in [0.1, 0.15) is 55.8 Å². The third kappa shape index (κ3) is 4.88. The first-order chi connectivity index (χ1) is 11.7. The quantitative estimate of drug-likeness (QED) is 0.641. The summed E-state index contributed by atoms with van der Waals surface area (Å²) in [6.07, 6.45) is 6.28. The number of hydrogen-bond donors (Lipinski definition) is 2. The summed E-state index contributed by atoms with van der Waals surface area (Å²) >= 11 is 0. The fraction of sp³-hybridized carbons (Fsp3) is 0.556. The van der Waals surface area contributed by atoms with Crippen molar-refractivity contribution in [2.45, 2.75) is 45.4 Å². The summed E-state index contributed by atoms with van der Waals surface area (Å²) in [6.45, 7) is 2.39. The van der Waals surface area contributed by atoms with E-state index in [4.69, 9.17) is 9.47 Å². The second kappa shape index (κ2) is 9.15. The van der Waals surface area contributed by atoms with E-state index in [0.717, 1.165) is 25.7 Å². The lowest BCUT2D eigenvalue weighted by Crippen LogP contribution is -2.44. The van der Waals surface area contributed by atoms with Crippen molar-refractivity contribution in [2.75, 3.05) is 13.7 Å². The van der Waals surface area contributed by atoms with Crippen LogP contribution in [-0.4, -0.2) is 25.5 Å². The Bertz CT molecular complexity index is 566. The average molecular weight is 334 g/mol. The third-order valence-corrected chi connectivity index (χ3v) is 4.25. The first kappa shape index (κ1) is 18.1. The molecule has 1 aliphatic carbocycles. The molecule has 1 aromatic carbocycles. The molecule has 0 atom stereocenters. The first-order valence-corrected chi connectivity index (χ1v) is 8.56. The summed E-state index contributed by atoms with van der Waals surface area (Å²) < 4.78 is 10.7. The number of nitrogens with one attached hydrogen (secondary N) is 2. The molecule has 2 rings (SSSR count). The number of hydrogen-bond acceptors (Lipinski definition) is 4. The Morgan fingerprint density at radius 1 is 1.08 bits per heavy atom. The monoisotopic (exact) mass is 334 g/mol. The van der Waals surface area contributed by atoms with Gasteiger partial charge >= 0.3 is 0 Å². The molecule has 0 aliphatic heterocycles.